The first-order chi connectivity index (χ1) is 6.68. The molecule has 0 atom stereocenters. The quantitative estimate of drug-likeness (QED) is 0.834. The summed E-state index contributed by atoms with van der Waals surface area (Å²) in [6, 6.07) is 3.92. The van der Waals surface area contributed by atoms with Crippen LogP contribution in [0, 0.1) is 0 Å². The van der Waals surface area contributed by atoms with Crippen LogP contribution in [0.4, 0.5) is 0 Å². The van der Waals surface area contributed by atoms with Crippen LogP contribution >= 0.6 is 22.9 Å². The fourth-order valence-electron chi connectivity index (χ4n) is 1.63. The summed E-state index contributed by atoms with van der Waals surface area (Å²) in [4.78, 5) is 1.22. The summed E-state index contributed by atoms with van der Waals surface area (Å²) in [7, 11) is 0. The van der Waals surface area contributed by atoms with Crippen molar-refractivity contribution in [3.63, 3.8) is 0 Å². The molecule has 1 heterocycles. The van der Waals surface area contributed by atoms with Crippen molar-refractivity contribution in [2.45, 2.75) is 31.4 Å². The van der Waals surface area contributed by atoms with Gasteiger partial charge >= 0.3 is 0 Å². The molecule has 0 aliphatic heterocycles. The molecule has 1 aromatic heterocycles. The largest absolute Gasteiger partial charge is 0.389 e. The van der Waals surface area contributed by atoms with E-state index in [0.717, 1.165) is 30.1 Å². The van der Waals surface area contributed by atoms with Gasteiger partial charge in [0, 0.05) is 18.0 Å². The van der Waals surface area contributed by atoms with Gasteiger partial charge in [-0.2, -0.15) is 0 Å². The Morgan fingerprint density at radius 2 is 2.29 bits per heavy atom. The second-order valence-corrected chi connectivity index (χ2v) is 5.69. The third-order valence-corrected chi connectivity index (χ3v) is 3.90. The maximum atomic E-state index is 9.81. The summed E-state index contributed by atoms with van der Waals surface area (Å²) in [5.41, 5.74) is -0.430. The maximum Gasteiger partial charge on any atom is 0.0931 e. The Kier molecular flexibility index (Phi) is 3.12. The third kappa shape index (κ3) is 2.48. The van der Waals surface area contributed by atoms with E-state index in [2.05, 4.69) is 5.32 Å². The summed E-state index contributed by atoms with van der Waals surface area (Å²) in [6.45, 7) is 1.50. The summed E-state index contributed by atoms with van der Waals surface area (Å²) in [6.07, 6.45) is 3.03. The standard InChI is InChI=1S/C10H14ClNOS/c11-9-3-2-8(14-9)6-12-7-10(13)4-1-5-10/h2-3,12-13H,1,4-7H2. The first-order valence-electron chi connectivity index (χ1n) is 4.85. The van der Waals surface area contributed by atoms with Gasteiger partial charge in [0.15, 0.2) is 0 Å². The molecule has 1 fully saturated rings. The molecule has 1 aliphatic carbocycles. The molecule has 2 nitrogen and oxygen atoms in total. The van der Waals surface area contributed by atoms with Crippen molar-refractivity contribution in [3.05, 3.63) is 21.3 Å². The zero-order valence-electron chi connectivity index (χ0n) is 7.92. The van der Waals surface area contributed by atoms with E-state index in [1.807, 2.05) is 12.1 Å². The van der Waals surface area contributed by atoms with E-state index in [1.54, 1.807) is 11.3 Å². The van der Waals surface area contributed by atoms with Crippen LogP contribution in [-0.2, 0) is 6.54 Å². The zero-order valence-corrected chi connectivity index (χ0v) is 9.50. The van der Waals surface area contributed by atoms with Crippen molar-refractivity contribution >= 4 is 22.9 Å². The number of thiophene rings is 1. The average Bonchev–Trinajstić information content (AvgIpc) is 2.49. The minimum absolute atomic E-state index is 0.430. The highest BCUT2D eigenvalue weighted by Crippen LogP contribution is 2.30. The van der Waals surface area contributed by atoms with Crippen LogP contribution in [0.3, 0.4) is 0 Å². The molecule has 4 heteroatoms. The molecule has 78 valence electrons. The predicted octanol–water partition coefficient (Wildman–Crippen LogP) is 2.41. The van der Waals surface area contributed by atoms with E-state index in [1.165, 1.54) is 4.88 Å². The van der Waals surface area contributed by atoms with E-state index in [-0.39, 0.29) is 0 Å². The molecule has 2 rings (SSSR count). The Labute approximate surface area is 92.9 Å². The lowest BCUT2D eigenvalue weighted by atomic mass is 9.80. The van der Waals surface area contributed by atoms with Gasteiger partial charge in [0.05, 0.1) is 9.94 Å². The van der Waals surface area contributed by atoms with Gasteiger partial charge in [-0.05, 0) is 31.4 Å². The lowest BCUT2D eigenvalue weighted by molar-refractivity contribution is -0.0314. The number of rotatable bonds is 4. The molecule has 14 heavy (non-hydrogen) atoms. The van der Waals surface area contributed by atoms with Crippen LogP contribution in [0.2, 0.25) is 4.34 Å². The van der Waals surface area contributed by atoms with Gasteiger partial charge in [-0.25, -0.2) is 0 Å². The number of hydrogen-bond acceptors (Lipinski definition) is 3. The molecule has 1 saturated carbocycles. The highest BCUT2D eigenvalue weighted by atomic mass is 35.5. The Morgan fingerprint density at radius 3 is 2.79 bits per heavy atom. The van der Waals surface area contributed by atoms with Gasteiger partial charge in [0.1, 0.15) is 0 Å². The SMILES string of the molecule is OC1(CNCc2ccc(Cl)s2)CCC1. The first-order valence-corrected chi connectivity index (χ1v) is 6.05. The Morgan fingerprint density at radius 1 is 1.50 bits per heavy atom. The molecule has 0 unspecified atom stereocenters. The van der Waals surface area contributed by atoms with E-state index in [4.69, 9.17) is 11.6 Å². The first kappa shape index (κ1) is 10.4. The van der Waals surface area contributed by atoms with Crippen LogP contribution in [0.25, 0.3) is 0 Å². The van der Waals surface area contributed by atoms with Crippen LogP contribution in [0.5, 0.6) is 0 Å². The van der Waals surface area contributed by atoms with E-state index in [9.17, 15) is 5.11 Å². The molecular formula is C10H14ClNOS. The van der Waals surface area contributed by atoms with E-state index in [0.29, 0.717) is 6.54 Å². The van der Waals surface area contributed by atoms with Gasteiger partial charge in [-0.3, -0.25) is 0 Å². The summed E-state index contributed by atoms with van der Waals surface area (Å²) >= 11 is 7.39. The van der Waals surface area contributed by atoms with E-state index < -0.39 is 5.60 Å². The summed E-state index contributed by atoms with van der Waals surface area (Å²) in [5, 5.41) is 13.1. The minimum atomic E-state index is -0.430. The van der Waals surface area contributed by atoms with Crippen molar-refractivity contribution in [1.82, 2.24) is 5.32 Å². The molecule has 1 aliphatic rings. The highest BCUT2D eigenvalue weighted by molar-refractivity contribution is 7.16. The number of nitrogens with one attached hydrogen (secondary N) is 1. The van der Waals surface area contributed by atoms with Crippen molar-refractivity contribution in [2.24, 2.45) is 0 Å². The topological polar surface area (TPSA) is 32.3 Å². The van der Waals surface area contributed by atoms with Gasteiger partial charge < -0.3 is 10.4 Å². The van der Waals surface area contributed by atoms with Crippen LogP contribution < -0.4 is 5.32 Å². The van der Waals surface area contributed by atoms with Gasteiger partial charge in [0.25, 0.3) is 0 Å². The smallest absolute Gasteiger partial charge is 0.0931 e. The summed E-state index contributed by atoms with van der Waals surface area (Å²) in [5.74, 6) is 0. The van der Waals surface area contributed by atoms with E-state index >= 15 is 0 Å². The molecular weight excluding hydrogens is 218 g/mol. The van der Waals surface area contributed by atoms with Crippen molar-refractivity contribution in [3.8, 4) is 0 Å². The molecule has 0 radical (unpaired) electrons. The van der Waals surface area contributed by atoms with Crippen molar-refractivity contribution < 1.29 is 5.11 Å². The number of halogens is 1. The molecule has 1 aromatic rings. The number of aliphatic hydroxyl groups is 1. The second kappa shape index (κ2) is 4.19. The predicted molar refractivity (Wildman–Crippen MR) is 59.8 cm³/mol. The normalized spacial score (nSPS) is 19.3. The fourth-order valence-corrected chi connectivity index (χ4v) is 2.68. The molecule has 2 N–H and O–H groups in total. The molecule has 0 saturated heterocycles. The minimum Gasteiger partial charge on any atom is -0.389 e. The monoisotopic (exact) mass is 231 g/mol. The molecule has 0 spiro atoms. The van der Waals surface area contributed by atoms with Gasteiger partial charge in [-0.15, -0.1) is 11.3 Å². The summed E-state index contributed by atoms with van der Waals surface area (Å²) < 4.78 is 0.823. The highest BCUT2D eigenvalue weighted by Gasteiger charge is 2.33. The number of hydrogen-bond donors (Lipinski definition) is 2. The average molecular weight is 232 g/mol. The lowest BCUT2D eigenvalue weighted by Gasteiger charge is -2.36. The van der Waals surface area contributed by atoms with Crippen molar-refractivity contribution in [2.75, 3.05) is 6.54 Å². The van der Waals surface area contributed by atoms with Crippen LogP contribution in [-0.4, -0.2) is 17.3 Å². The molecule has 0 bridgehead atoms. The van der Waals surface area contributed by atoms with Gasteiger partial charge in [-0.1, -0.05) is 11.6 Å². The Hall–Kier alpha value is -0.0900. The zero-order chi connectivity index (χ0) is 10.0. The Bertz CT molecular complexity index is 309. The van der Waals surface area contributed by atoms with Crippen molar-refractivity contribution in [1.29, 1.82) is 0 Å². The second-order valence-electron chi connectivity index (χ2n) is 3.89. The van der Waals surface area contributed by atoms with Gasteiger partial charge in [0.2, 0.25) is 0 Å². The van der Waals surface area contributed by atoms with Crippen LogP contribution in [0.1, 0.15) is 24.1 Å². The van der Waals surface area contributed by atoms with Crippen LogP contribution in [0.15, 0.2) is 12.1 Å². The third-order valence-electron chi connectivity index (χ3n) is 2.67. The lowest BCUT2D eigenvalue weighted by Crippen LogP contribution is -2.45. The fraction of sp³-hybridized carbons (Fsp3) is 0.600. The maximum absolute atomic E-state index is 9.81. The molecule has 0 amide bonds. The Balaban J connectivity index is 1.72. The molecule has 0 aromatic carbocycles.